The maximum Gasteiger partial charge on any atom is 0.268 e. The van der Waals surface area contributed by atoms with Gasteiger partial charge in [0.1, 0.15) is 18.3 Å². The van der Waals surface area contributed by atoms with Crippen LogP contribution in [0, 0.1) is 35.1 Å². The number of benzene rings is 2. The van der Waals surface area contributed by atoms with Crippen LogP contribution in [-0.4, -0.2) is 53.7 Å². The number of halogens is 4. The molecule has 13 heteroatoms. The molecule has 3 aromatic rings. The molecule has 0 radical (unpaired) electrons. The molecule has 0 spiro atoms. The van der Waals surface area contributed by atoms with Gasteiger partial charge in [0.05, 0.1) is 6.04 Å². The lowest BCUT2D eigenvalue weighted by atomic mass is 9.84. The second-order valence-corrected chi connectivity index (χ2v) is 11.7. The van der Waals surface area contributed by atoms with E-state index in [1.807, 2.05) is 24.3 Å². The van der Waals surface area contributed by atoms with Gasteiger partial charge in [-0.05, 0) is 37.3 Å². The molecule has 2 aromatic carbocycles. The Hall–Kier alpha value is -4.42. The number of hydrogen-bond acceptors (Lipinski definition) is 5. The summed E-state index contributed by atoms with van der Waals surface area (Å²) < 4.78 is 60.5. The third-order valence-corrected chi connectivity index (χ3v) is 8.51. The molecule has 5 rings (SSSR count). The minimum absolute atomic E-state index is 0.0116. The number of carbonyl (C=O) groups excluding carboxylic acids is 4. The molecule has 3 amide bonds. The number of hydrogen-bond donors (Lipinski definition) is 4. The molecular weight excluding hydrogens is 596 g/mol. The van der Waals surface area contributed by atoms with Gasteiger partial charge in [0.2, 0.25) is 23.4 Å². The van der Waals surface area contributed by atoms with E-state index in [1.54, 1.807) is 6.07 Å². The quantitative estimate of drug-likeness (QED) is 0.174. The van der Waals surface area contributed by atoms with Crippen LogP contribution in [0.5, 0.6) is 5.75 Å². The van der Waals surface area contributed by atoms with Crippen LogP contribution in [0.2, 0.25) is 0 Å². The van der Waals surface area contributed by atoms with Gasteiger partial charge in [0.15, 0.2) is 23.2 Å². The van der Waals surface area contributed by atoms with Gasteiger partial charge < -0.3 is 25.7 Å². The molecule has 2 heterocycles. The number of H-pyrrole nitrogens is 1. The first-order valence-electron chi connectivity index (χ1n) is 15.1. The van der Waals surface area contributed by atoms with Gasteiger partial charge in [0.25, 0.3) is 5.91 Å². The van der Waals surface area contributed by atoms with Gasteiger partial charge in [-0.25, -0.2) is 8.78 Å². The lowest BCUT2D eigenvalue weighted by Gasteiger charge is -2.28. The number of ketones is 1. The fourth-order valence-electron chi connectivity index (χ4n) is 6.04. The summed E-state index contributed by atoms with van der Waals surface area (Å²) in [5.74, 6) is -11.4. The monoisotopic (exact) mass is 630 g/mol. The van der Waals surface area contributed by atoms with Crippen LogP contribution in [0.25, 0.3) is 10.9 Å². The molecule has 1 aromatic heterocycles. The summed E-state index contributed by atoms with van der Waals surface area (Å²) in [5, 5.41) is 8.86. The van der Waals surface area contributed by atoms with Crippen LogP contribution in [0.3, 0.4) is 0 Å². The zero-order valence-corrected chi connectivity index (χ0v) is 24.4. The second-order valence-electron chi connectivity index (χ2n) is 11.7. The van der Waals surface area contributed by atoms with Gasteiger partial charge >= 0.3 is 0 Å². The van der Waals surface area contributed by atoms with E-state index in [4.69, 9.17) is 4.74 Å². The van der Waals surface area contributed by atoms with Crippen molar-refractivity contribution in [3.8, 4) is 5.75 Å². The van der Waals surface area contributed by atoms with E-state index in [2.05, 4.69) is 20.9 Å². The molecule has 1 aliphatic heterocycles. The van der Waals surface area contributed by atoms with E-state index in [0.717, 1.165) is 43.0 Å². The van der Waals surface area contributed by atoms with Crippen molar-refractivity contribution in [2.24, 2.45) is 11.8 Å². The van der Waals surface area contributed by atoms with E-state index < -0.39 is 71.2 Å². The van der Waals surface area contributed by atoms with Crippen LogP contribution >= 0.6 is 0 Å². The number of nitrogens with one attached hydrogen (secondary N) is 4. The highest BCUT2D eigenvalue weighted by atomic mass is 19.2. The molecule has 0 bridgehead atoms. The van der Waals surface area contributed by atoms with E-state index >= 15 is 0 Å². The van der Waals surface area contributed by atoms with Crippen LogP contribution < -0.4 is 20.7 Å². The summed E-state index contributed by atoms with van der Waals surface area (Å²) >= 11 is 0. The maximum atomic E-state index is 14.2. The fourth-order valence-corrected chi connectivity index (χ4v) is 6.04. The number of aromatic nitrogens is 1. The summed E-state index contributed by atoms with van der Waals surface area (Å²) in [6.45, 7) is -0.691. The van der Waals surface area contributed by atoms with Gasteiger partial charge in [0, 0.05) is 29.4 Å². The SMILES string of the molecule is O=C(NC(CC1CCCCC1)C(=O)NC(CC1CCNC1=O)C(=O)COc1c(F)c(F)cc(F)c1F)c1cc2ccccc2[nH]1. The minimum Gasteiger partial charge on any atom is -0.479 e. The lowest BCUT2D eigenvalue weighted by molar-refractivity contribution is -0.131. The van der Waals surface area contributed by atoms with Crippen molar-refractivity contribution in [1.82, 2.24) is 20.9 Å². The number of rotatable bonds is 12. The standard InChI is InChI=1S/C32H34F4N4O5/c33-20-15-21(34)28(36)29(27(20)35)45-16-26(41)23(14-19-10-11-37-30(19)42)39-31(43)24(12-17-6-2-1-3-7-17)40-32(44)25-13-18-8-4-5-9-22(18)38-25/h4-5,8-9,13,15,17,19,23-24,38H,1-3,6-7,10-12,14,16H2,(H,37,42)(H,39,43)(H,40,44). The van der Waals surface area contributed by atoms with Crippen molar-refractivity contribution in [2.75, 3.05) is 13.2 Å². The first kappa shape index (κ1) is 32.0. The third kappa shape index (κ3) is 7.63. The smallest absolute Gasteiger partial charge is 0.268 e. The second kappa shape index (κ2) is 14.1. The Morgan fingerprint density at radius 1 is 0.889 bits per heavy atom. The molecule has 3 unspecified atom stereocenters. The number of fused-ring (bicyclic) bond motifs is 1. The number of carbonyl (C=O) groups is 4. The van der Waals surface area contributed by atoms with Crippen molar-refractivity contribution < 1.29 is 41.5 Å². The maximum absolute atomic E-state index is 14.2. The van der Waals surface area contributed by atoms with E-state index in [9.17, 15) is 36.7 Å². The summed E-state index contributed by atoms with van der Waals surface area (Å²) in [6.07, 6.45) is 5.30. The number of aromatic amines is 1. The highest BCUT2D eigenvalue weighted by Crippen LogP contribution is 2.29. The highest BCUT2D eigenvalue weighted by molar-refractivity contribution is 6.01. The summed E-state index contributed by atoms with van der Waals surface area (Å²) in [7, 11) is 0. The number of Topliss-reactive ketones (excluding diaryl/α,β-unsaturated/α-hetero) is 1. The molecule has 9 nitrogen and oxygen atoms in total. The van der Waals surface area contributed by atoms with Crippen LogP contribution in [0.1, 0.15) is 61.9 Å². The molecule has 2 aliphatic rings. The zero-order valence-electron chi connectivity index (χ0n) is 24.4. The van der Waals surface area contributed by atoms with E-state index in [0.29, 0.717) is 19.4 Å². The number of ether oxygens (including phenoxy) is 1. The van der Waals surface area contributed by atoms with Crippen molar-refractivity contribution in [2.45, 2.75) is 63.5 Å². The molecule has 1 saturated heterocycles. The first-order chi connectivity index (χ1) is 21.6. The van der Waals surface area contributed by atoms with E-state index in [-0.39, 0.29) is 30.0 Å². The Morgan fingerprint density at radius 3 is 2.27 bits per heavy atom. The largest absolute Gasteiger partial charge is 0.479 e. The molecule has 2 fully saturated rings. The normalized spacial score (nSPS) is 18.3. The van der Waals surface area contributed by atoms with Crippen molar-refractivity contribution >= 4 is 34.4 Å². The topological polar surface area (TPSA) is 129 Å². The van der Waals surface area contributed by atoms with Gasteiger partial charge in [-0.2, -0.15) is 8.78 Å². The third-order valence-electron chi connectivity index (χ3n) is 8.51. The first-order valence-corrected chi connectivity index (χ1v) is 15.1. The Bertz CT molecular complexity index is 1530. The predicted octanol–water partition coefficient (Wildman–Crippen LogP) is 4.45. The fraction of sp³-hybridized carbons (Fsp3) is 0.438. The Kier molecular flexibility index (Phi) is 10.0. The van der Waals surface area contributed by atoms with Crippen LogP contribution in [0.15, 0.2) is 36.4 Å². The van der Waals surface area contributed by atoms with Gasteiger partial charge in [-0.1, -0.05) is 50.3 Å². The van der Waals surface area contributed by atoms with Crippen LogP contribution in [-0.2, 0) is 14.4 Å². The molecule has 1 aliphatic carbocycles. The number of amides is 3. The Morgan fingerprint density at radius 2 is 1.60 bits per heavy atom. The summed E-state index contributed by atoms with van der Waals surface area (Å²) in [4.78, 5) is 55.7. The lowest BCUT2D eigenvalue weighted by Crippen LogP contribution is -2.53. The molecule has 45 heavy (non-hydrogen) atoms. The summed E-state index contributed by atoms with van der Waals surface area (Å²) in [6, 6.07) is 6.55. The zero-order chi connectivity index (χ0) is 32.1. The van der Waals surface area contributed by atoms with Crippen molar-refractivity contribution in [3.63, 3.8) is 0 Å². The van der Waals surface area contributed by atoms with Crippen molar-refractivity contribution in [1.29, 1.82) is 0 Å². The Labute approximate surface area is 256 Å². The summed E-state index contributed by atoms with van der Waals surface area (Å²) in [5.41, 5.74) is 0.982. The Balaban J connectivity index is 1.34. The van der Waals surface area contributed by atoms with Crippen LogP contribution in [0.4, 0.5) is 17.6 Å². The molecular formula is C32H34F4N4O5. The highest BCUT2D eigenvalue weighted by Gasteiger charge is 2.35. The molecule has 1 saturated carbocycles. The minimum atomic E-state index is -1.82. The van der Waals surface area contributed by atoms with Gasteiger partial charge in [-0.15, -0.1) is 0 Å². The number of para-hydroxylation sites is 1. The average molecular weight is 631 g/mol. The average Bonchev–Trinajstić information content (AvgIpc) is 3.65. The van der Waals surface area contributed by atoms with Crippen molar-refractivity contribution in [3.05, 3.63) is 65.4 Å². The van der Waals surface area contributed by atoms with Gasteiger partial charge in [-0.3, -0.25) is 19.2 Å². The molecule has 4 N–H and O–H groups in total. The molecule has 240 valence electrons. The predicted molar refractivity (Wildman–Crippen MR) is 155 cm³/mol. The van der Waals surface area contributed by atoms with E-state index in [1.165, 1.54) is 0 Å². The molecule has 3 atom stereocenters.